The fraction of sp³-hybridized carbons (Fsp3) is 0.938. The Morgan fingerprint density at radius 3 is 2.76 bits per heavy atom. The van der Waals surface area contributed by atoms with Gasteiger partial charge in [-0.1, -0.05) is 0 Å². The van der Waals surface area contributed by atoms with Crippen molar-refractivity contribution in [1.29, 1.82) is 0 Å². The molecule has 0 aliphatic carbocycles. The molecule has 0 unspecified atom stereocenters. The van der Waals surface area contributed by atoms with Gasteiger partial charge in [0, 0.05) is 32.8 Å². The number of nitrogens with zero attached hydrogens (tertiary/aromatic N) is 1. The van der Waals surface area contributed by atoms with E-state index < -0.39 is 0 Å². The average Bonchev–Trinajstić information content (AvgIpc) is 3.15. The van der Waals surface area contributed by atoms with Gasteiger partial charge in [0.25, 0.3) is 0 Å². The van der Waals surface area contributed by atoms with E-state index in [1.807, 2.05) is 0 Å². The molecule has 4 heterocycles. The lowest BCUT2D eigenvalue weighted by atomic mass is 9.73. The molecule has 118 valence electrons. The highest BCUT2D eigenvalue weighted by Gasteiger charge is 2.53. The first-order valence-corrected chi connectivity index (χ1v) is 8.53. The monoisotopic (exact) mass is 293 g/mol. The van der Waals surface area contributed by atoms with Gasteiger partial charge < -0.3 is 20.3 Å². The van der Waals surface area contributed by atoms with Crippen LogP contribution in [0.4, 0.5) is 0 Å². The van der Waals surface area contributed by atoms with Crippen LogP contribution in [0.1, 0.15) is 25.7 Å². The Morgan fingerprint density at radius 2 is 2.00 bits per heavy atom. The Hall–Kier alpha value is -0.650. The second kappa shape index (κ2) is 5.21. The number of carbonyl (C=O) groups is 1. The van der Waals surface area contributed by atoms with Crippen molar-refractivity contribution < 1.29 is 9.53 Å². The van der Waals surface area contributed by atoms with Crippen LogP contribution in [0.5, 0.6) is 0 Å². The quantitative estimate of drug-likeness (QED) is 0.726. The Morgan fingerprint density at radius 1 is 1.14 bits per heavy atom. The highest BCUT2D eigenvalue weighted by atomic mass is 16.5. The first kappa shape index (κ1) is 14.0. The van der Waals surface area contributed by atoms with Crippen LogP contribution >= 0.6 is 0 Å². The molecule has 2 atom stereocenters. The summed E-state index contributed by atoms with van der Waals surface area (Å²) in [4.78, 5) is 15.3. The summed E-state index contributed by atoms with van der Waals surface area (Å²) < 4.78 is 5.69. The van der Waals surface area contributed by atoms with Crippen molar-refractivity contribution in [3.63, 3.8) is 0 Å². The van der Waals surface area contributed by atoms with Crippen molar-refractivity contribution in [1.82, 2.24) is 15.5 Å². The Balaban J connectivity index is 1.45. The number of nitrogens with one attached hydrogen (secondary N) is 2. The van der Waals surface area contributed by atoms with Crippen LogP contribution in [0.2, 0.25) is 0 Å². The van der Waals surface area contributed by atoms with Gasteiger partial charge in [-0.3, -0.25) is 4.79 Å². The minimum absolute atomic E-state index is 0.267. The number of rotatable bonds is 1. The number of hydrogen-bond acceptors (Lipinski definition) is 4. The first-order chi connectivity index (χ1) is 10.2. The zero-order chi connectivity index (χ0) is 14.3. The lowest BCUT2D eigenvalue weighted by Gasteiger charge is -2.45. The van der Waals surface area contributed by atoms with Gasteiger partial charge in [0.05, 0.1) is 12.0 Å². The number of fused-ring (bicyclic) bond motifs is 1. The predicted octanol–water partition coefficient (Wildman–Crippen LogP) is 0.215. The van der Waals surface area contributed by atoms with Crippen molar-refractivity contribution in [3.8, 4) is 0 Å². The van der Waals surface area contributed by atoms with Gasteiger partial charge >= 0.3 is 0 Å². The van der Waals surface area contributed by atoms with Crippen molar-refractivity contribution in [2.75, 3.05) is 52.5 Å². The normalized spacial score (nSPS) is 38.7. The summed E-state index contributed by atoms with van der Waals surface area (Å²) in [5.74, 6) is 0.834. The van der Waals surface area contributed by atoms with E-state index in [1.165, 1.54) is 19.3 Å². The van der Waals surface area contributed by atoms with Crippen LogP contribution in [-0.4, -0.2) is 63.3 Å². The minimum atomic E-state index is -0.267. The van der Waals surface area contributed by atoms with Crippen LogP contribution in [0.3, 0.4) is 0 Å². The van der Waals surface area contributed by atoms with Gasteiger partial charge in [0.1, 0.15) is 0 Å². The number of carbonyl (C=O) groups excluding carboxylic acids is 1. The molecule has 0 aromatic heterocycles. The fourth-order valence-corrected chi connectivity index (χ4v) is 4.87. The second-order valence-electron chi connectivity index (χ2n) is 7.54. The summed E-state index contributed by atoms with van der Waals surface area (Å²) in [6.45, 7) is 7.40. The third-order valence-corrected chi connectivity index (χ3v) is 6.45. The van der Waals surface area contributed by atoms with E-state index in [-0.39, 0.29) is 5.41 Å². The molecule has 2 N–H and O–H groups in total. The average molecular weight is 293 g/mol. The van der Waals surface area contributed by atoms with E-state index >= 15 is 0 Å². The topological polar surface area (TPSA) is 53.6 Å². The molecule has 4 saturated heterocycles. The molecule has 0 radical (unpaired) electrons. The van der Waals surface area contributed by atoms with Gasteiger partial charge in [-0.2, -0.15) is 0 Å². The lowest BCUT2D eigenvalue weighted by molar-refractivity contribution is -0.154. The summed E-state index contributed by atoms with van der Waals surface area (Å²) >= 11 is 0. The number of hydrogen-bond donors (Lipinski definition) is 2. The molecule has 0 saturated carbocycles. The first-order valence-electron chi connectivity index (χ1n) is 8.53. The fourth-order valence-electron chi connectivity index (χ4n) is 4.87. The number of ether oxygens (including phenoxy) is 1. The van der Waals surface area contributed by atoms with Gasteiger partial charge in [0.2, 0.25) is 5.91 Å². The molecule has 4 fully saturated rings. The number of likely N-dealkylation sites (tertiary alicyclic amines) is 1. The second-order valence-corrected chi connectivity index (χ2v) is 7.54. The summed E-state index contributed by atoms with van der Waals surface area (Å²) in [6.07, 6.45) is 4.65. The molecule has 1 amide bonds. The molecular formula is C16H27N3O2. The van der Waals surface area contributed by atoms with Crippen LogP contribution in [-0.2, 0) is 9.53 Å². The Bertz CT molecular complexity index is 412. The molecule has 21 heavy (non-hydrogen) atoms. The smallest absolute Gasteiger partial charge is 0.232 e. The number of amides is 1. The SMILES string of the molecule is O=C(N1CCC2(CCNC2)CC1)[C@]12CNC[C@H]1CCOC2. The largest absolute Gasteiger partial charge is 0.380 e. The Labute approximate surface area is 126 Å². The Kier molecular flexibility index (Phi) is 3.47. The maximum Gasteiger partial charge on any atom is 0.232 e. The van der Waals surface area contributed by atoms with Gasteiger partial charge in [-0.05, 0) is 50.1 Å². The number of piperidine rings is 1. The molecule has 0 bridgehead atoms. The molecule has 5 heteroatoms. The molecular weight excluding hydrogens is 266 g/mol. The third-order valence-electron chi connectivity index (χ3n) is 6.45. The molecule has 4 aliphatic heterocycles. The minimum Gasteiger partial charge on any atom is -0.380 e. The van der Waals surface area contributed by atoms with Crippen molar-refractivity contribution in [2.45, 2.75) is 25.7 Å². The van der Waals surface area contributed by atoms with E-state index in [2.05, 4.69) is 15.5 Å². The van der Waals surface area contributed by atoms with E-state index in [4.69, 9.17) is 4.74 Å². The van der Waals surface area contributed by atoms with Crippen LogP contribution in [0.25, 0.3) is 0 Å². The van der Waals surface area contributed by atoms with E-state index in [1.54, 1.807) is 0 Å². The van der Waals surface area contributed by atoms with E-state index in [9.17, 15) is 4.79 Å². The summed E-state index contributed by atoms with van der Waals surface area (Å²) in [5.41, 5.74) is 0.210. The standard InChI is InChI=1S/C16H27N3O2/c20-14(16-11-18-9-13(16)1-8-21-12-16)19-6-3-15(4-7-19)2-5-17-10-15/h13,17-18H,1-12H2/t13-,16+/m1/s1. The molecule has 1 spiro atoms. The molecule has 4 aliphatic rings. The predicted molar refractivity (Wildman–Crippen MR) is 80.0 cm³/mol. The molecule has 5 nitrogen and oxygen atoms in total. The van der Waals surface area contributed by atoms with Crippen LogP contribution < -0.4 is 10.6 Å². The lowest BCUT2D eigenvalue weighted by Crippen LogP contribution is -2.55. The molecule has 0 aromatic rings. The van der Waals surface area contributed by atoms with E-state index in [0.29, 0.717) is 23.8 Å². The molecule has 0 aromatic carbocycles. The van der Waals surface area contributed by atoms with Crippen molar-refractivity contribution in [3.05, 3.63) is 0 Å². The summed E-state index contributed by atoms with van der Waals surface area (Å²) in [7, 11) is 0. The maximum absolute atomic E-state index is 13.2. The van der Waals surface area contributed by atoms with Gasteiger partial charge in [-0.15, -0.1) is 0 Å². The third kappa shape index (κ3) is 2.21. The highest BCUT2D eigenvalue weighted by molar-refractivity contribution is 5.84. The summed E-state index contributed by atoms with van der Waals surface area (Å²) in [6, 6.07) is 0. The summed E-state index contributed by atoms with van der Waals surface area (Å²) in [5, 5.41) is 6.93. The molecule has 4 rings (SSSR count). The maximum atomic E-state index is 13.2. The van der Waals surface area contributed by atoms with E-state index in [0.717, 1.165) is 52.3 Å². The highest BCUT2D eigenvalue weighted by Crippen LogP contribution is 2.42. The van der Waals surface area contributed by atoms with Crippen molar-refractivity contribution in [2.24, 2.45) is 16.7 Å². The zero-order valence-corrected chi connectivity index (χ0v) is 12.8. The zero-order valence-electron chi connectivity index (χ0n) is 12.8. The van der Waals surface area contributed by atoms with Crippen molar-refractivity contribution >= 4 is 5.91 Å². The van der Waals surface area contributed by atoms with Gasteiger partial charge in [0.15, 0.2) is 0 Å². The van der Waals surface area contributed by atoms with Crippen LogP contribution in [0.15, 0.2) is 0 Å². The van der Waals surface area contributed by atoms with Crippen LogP contribution in [0, 0.1) is 16.7 Å². The van der Waals surface area contributed by atoms with Gasteiger partial charge in [-0.25, -0.2) is 0 Å².